The van der Waals surface area contributed by atoms with E-state index in [9.17, 15) is 10.1 Å². The van der Waals surface area contributed by atoms with E-state index in [0.29, 0.717) is 5.56 Å². The molecule has 0 atom stereocenters. The lowest BCUT2D eigenvalue weighted by molar-refractivity contribution is -0.144. The Morgan fingerprint density at radius 1 is 1.50 bits per heavy atom. The van der Waals surface area contributed by atoms with Crippen LogP contribution in [0.15, 0.2) is 22.7 Å². The Balaban J connectivity index is 1.97. The zero-order valence-electron chi connectivity index (χ0n) is 10.9. The average Bonchev–Trinajstić information content (AvgIpc) is 2.45. The highest BCUT2D eigenvalue weighted by Gasteiger charge is 2.22. The molecule has 1 N–H and O–H groups in total. The molecule has 0 saturated carbocycles. The van der Waals surface area contributed by atoms with Crippen molar-refractivity contribution < 1.29 is 14.6 Å². The molecule has 106 valence electrons. The zero-order chi connectivity index (χ0) is 14.5. The first-order chi connectivity index (χ1) is 9.60. The number of piperidine rings is 1. The Labute approximate surface area is 125 Å². The standard InChI is InChI=1S/C14H15BrN2O3/c15-11-1-2-13(10(7-11)8-16)17-5-3-12(4-6-17)20-9-14(18)19/h1-2,7,12H,3-6,9H2,(H,18,19). The van der Waals surface area contributed by atoms with Gasteiger partial charge in [0.15, 0.2) is 0 Å². The van der Waals surface area contributed by atoms with E-state index >= 15 is 0 Å². The number of halogens is 1. The maximum absolute atomic E-state index is 10.5. The molecule has 0 bridgehead atoms. The molecule has 5 nitrogen and oxygen atoms in total. The van der Waals surface area contributed by atoms with Crippen LogP contribution in [0.2, 0.25) is 0 Å². The molecular formula is C14H15BrN2O3. The molecule has 6 heteroatoms. The summed E-state index contributed by atoms with van der Waals surface area (Å²) in [5.41, 5.74) is 1.57. The van der Waals surface area contributed by atoms with Crippen molar-refractivity contribution in [2.75, 3.05) is 24.6 Å². The van der Waals surface area contributed by atoms with Crippen molar-refractivity contribution >= 4 is 27.6 Å². The minimum absolute atomic E-state index is 0.0108. The van der Waals surface area contributed by atoms with E-state index in [-0.39, 0.29) is 12.7 Å². The summed E-state index contributed by atoms with van der Waals surface area (Å²) in [6.45, 7) is 1.29. The number of carbonyl (C=O) groups is 1. The number of carboxylic acid groups (broad SMARTS) is 1. The SMILES string of the molecule is N#Cc1cc(Br)ccc1N1CCC(OCC(=O)O)CC1. The van der Waals surface area contributed by atoms with Crippen LogP contribution < -0.4 is 4.90 Å². The van der Waals surface area contributed by atoms with Crippen LogP contribution in [-0.4, -0.2) is 36.9 Å². The molecule has 0 spiro atoms. The Morgan fingerprint density at radius 3 is 2.80 bits per heavy atom. The topological polar surface area (TPSA) is 73.6 Å². The highest BCUT2D eigenvalue weighted by molar-refractivity contribution is 9.10. The number of nitriles is 1. The van der Waals surface area contributed by atoms with E-state index in [0.717, 1.165) is 36.1 Å². The number of anilines is 1. The predicted octanol–water partition coefficient (Wildman–Crippen LogP) is 2.39. The third kappa shape index (κ3) is 3.71. The van der Waals surface area contributed by atoms with E-state index in [4.69, 9.17) is 9.84 Å². The number of benzene rings is 1. The van der Waals surface area contributed by atoms with Gasteiger partial charge >= 0.3 is 5.97 Å². The number of hydrogen-bond acceptors (Lipinski definition) is 4. The zero-order valence-corrected chi connectivity index (χ0v) is 12.5. The fraction of sp³-hybridized carbons (Fsp3) is 0.429. The highest BCUT2D eigenvalue weighted by atomic mass is 79.9. The van der Waals surface area contributed by atoms with Crippen molar-refractivity contribution in [3.63, 3.8) is 0 Å². The van der Waals surface area contributed by atoms with Gasteiger partial charge in [0.2, 0.25) is 0 Å². The first-order valence-corrected chi connectivity index (χ1v) is 7.17. The van der Waals surface area contributed by atoms with E-state index in [1.165, 1.54) is 0 Å². The van der Waals surface area contributed by atoms with Crippen LogP contribution in [0, 0.1) is 11.3 Å². The lowest BCUT2D eigenvalue weighted by atomic mass is 10.1. The Kier molecular flexibility index (Phi) is 4.99. The van der Waals surface area contributed by atoms with Crippen molar-refractivity contribution in [2.24, 2.45) is 0 Å². The molecule has 1 aromatic rings. The van der Waals surface area contributed by atoms with Crippen molar-refractivity contribution in [1.82, 2.24) is 0 Å². The lowest BCUT2D eigenvalue weighted by Crippen LogP contribution is -2.38. The number of ether oxygens (including phenoxy) is 1. The molecule has 0 aromatic heterocycles. The normalized spacial score (nSPS) is 15.9. The molecule has 1 fully saturated rings. The molecule has 1 saturated heterocycles. The van der Waals surface area contributed by atoms with E-state index in [1.807, 2.05) is 18.2 Å². The van der Waals surface area contributed by atoms with Gasteiger partial charge in [-0.2, -0.15) is 5.26 Å². The predicted molar refractivity (Wildman–Crippen MR) is 77.7 cm³/mol. The summed E-state index contributed by atoms with van der Waals surface area (Å²) in [6.07, 6.45) is 1.53. The van der Waals surface area contributed by atoms with Crippen molar-refractivity contribution in [3.8, 4) is 6.07 Å². The van der Waals surface area contributed by atoms with Gasteiger partial charge in [-0.3, -0.25) is 0 Å². The van der Waals surface area contributed by atoms with Crippen LogP contribution in [-0.2, 0) is 9.53 Å². The van der Waals surface area contributed by atoms with Crippen LogP contribution in [0.1, 0.15) is 18.4 Å². The number of carboxylic acids is 1. The molecule has 20 heavy (non-hydrogen) atoms. The Hall–Kier alpha value is -1.58. The minimum Gasteiger partial charge on any atom is -0.480 e. The van der Waals surface area contributed by atoms with Crippen LogP contribution in [0.25, 0.3) is 0 Å². The molecule has 2 rings (SSSR count). The van der Waals surface area contributed by atoms with Gasteiger partial charge in [-0.15, -0.1) is 0 Å². The maximum atomic E-state index is 10.5. The molecular weight excluding hydrogens is 324 g/mol. The van der Waals surface area contributed by atoms with Gasteiger partial charge in [-0.25, -0.2) is 4.79 Å². The smallest absolute Gasteiger partial charge is 0.329 e. The van der Waals surface area contributed by atoms with Crippen molar-refractivity contribution in [3.05, 3.63) is 28.2 Å². The third-order valence-electron chi connectivity index (χ3n) is 3.30. The Bertz CT molecular complexity index is 534. The molecule has 0 aliphatic carbocycles. The number of rotatable bonds is 4. The van der Waals surface area contributed by atoms with E-state index in [1.54, 1.807) is 0 Å². The first kappa shape index (κ1) is 14.8. The summed E-state index contributed by atoms with van der Waals surface area (Å²) in [7, 11) is 0. The Morgan fingerprint density at radius 2 is 2.20 bits per heavy atom. The summed E-state index contributed by atoms with van der Waals surface area (Å²) >= 11 is 3.36. The van der Waals surface area contributed by atoms with Crippen molar-refractivity contribution in [1.29, 1.82) is 5.26 Å². The van der Waals surface area contributed by atoms with Crippen LogP contribution >= 0.6 is 15.9 Å². The summed E-state index contributed by atoms with van der Waals surface area (Å²) in [5, 5.41) is 17.8. The molecule has 1 aromatic carbocycles. The van der Waals surface area contributed by atoms with Crippen LogP contribution in [0.4, 0.5) is 5.69 Å². The average molecular weight is 339 g/mol. The largest absolute Gasteiger partial charge is 0.480 e. The van der Waals surface area contributed by atoms with Crippen LogP contribution in [0.3, 0.4) is 0 Å². The quantitative estimate of drug-likeness (QED) is 0.912. The maximum Gasteiger partial charge on any atom is 0.329 e. The highest BCUT2D eigenvalue weighted by Crippen LogP contribution is 2.27. The monoisotopic (exact) mass is 338 g/mol. The number of nitrogens with zero attached hydrogens (tertiary/aromatic N) is 2. The summed E-state index contributed by atoms with van der Waals surface area (Å²) in [5.74, 6) is -0.938. The second-order valence-corrected chi connectivity index (χ2v) is 5.58. The van der Waals surface area contributed by atoms with Gasteiger partial charge in [-0.1, -0.05) is 15.9 Å². The van der Waals surface area contributed by atoms with Gasteiger partial charge in [-0.05, 0) is 31.0 Å². The third-order valence-corrected chi connectivity index (χ3v) is 3.80. The van der Waals surface area contributed by atoms with Crippen LogP contribution in [0.5, 0.6) is 0 Å². The molecule has 0 amide bonds. The molecule has 0 unspecified atom stereocenters. The molecule has 0 radical (unpaired) electrons. The second kappa shape index (κ2) is 6.73. The summed E-state index contributed by atoms with van der Waals surface area (Å²) < 4.78 is 6.19. The van der Waals surface area contributed by atoms with Gasteiger partial charge in [0.1, 0.15) is 12.7 Å². The fourth-order valence-corrected chi connectivity index (χ4v) is 2.69. The number of hydrogen-bond donors (Lipinski definition) is 1. The summed E-state index contributed by atoms with van der Waals surface area (Å²) in [4.78, 5) is 12.6. The fourth-order valence-electron chi connectivity index (χ4n) is 2.33. The molecule has 1 aliphatic rings. The minimum atomic E-state index is -0.938. The van der Waals surface area contributed by atoms with E-state index < -0.39 is 5.97 Å². The van der Waals surface area contributed by atoms with Gasteiger partial charge in [0.05, 0.1) is 17.4 Å². The lowest BCUT2D eigenvalue weighted by Gasteiger charge is -2.33. The van der Waals surface area contributed by atoms with Gasteiger partial charge in [0.25, 0.3) is 0 Å². The van der Waals surface area contributed by atoms with Crippen molar-refractivity contribution in [2.45, 2.75) is 18.9 Å². The van der Waals surface area contributed by atoms with Gasteiger partial charge in [0, 0.05) is 17.6 Å². The van der Waals surface area contributed by atoms with E-state index in [2.05, 4.69) is 26.9 Å². The van der Waals surface area contributed by atoms with Gasteiger partial charge < -0.3 is 14.7 Å². The number of aliphatic carboxylic acids is 1. The second-order valence-electron chi connectivity index (χ2n) is 4.66. The molecule has 1 aliphatic heterocycles. The summed E-state index contributed by atoms with van der Waals surface area (Å²) in [6, 6.07) is 7.86. The molecule has 1 heterocycles. The first-order valence-electron chi connectivity index (χ1n) is 6.38.